The molecule has 2 N–H and O–H groups in total. The summed E-state index contributed by atoms with van der Waals surface area (Å²) in [6, 6.07) is 8.16. The fourth-order valence-corrected chi connectivity index (χ4v) is 5.65. The molecule has 2 aliphatic carbocycles. The number of aromatic nitrogens is 2. The maximum Gasteiger partial charge on any atom is 0.274 e. The highest BCUT2D eigenvalue weighted by Crippen LogP contribution is 2.39. The molecule has 1 aromatic carbocycles. The second kappa shape index (κ2) is 10.1. The van der Waals surface area contributed by atoms with Crippen molar-refractivity contribution in [1.29, 1.82) is 0 Å². The smallest absolute Gasteiger partial charge is 0.274 e. The Bertz CT molecular complexity index is 1130. The highest BCUT2D eigenvalue weighted by Gasteiger charge is 2.53. The van der Waals surface area contributed by atoms with E-state index < -0.39 is 5.54 Å². The third-order valence-corrected chi connectivity index (χ3v) is 7.90. The minimum absolute atomic E-state index is 0.0118. The lowest BCUT2D eigenvalue weighted by molar-refractivity contribution is -0.133. The first-order chi connectivity index (χ1) is 17.4. The molecule has 8 heteroatoms. The second-order valence-electron chi connectivity index (χ2n) is 10.9. The van der Waals surface area contributed by atoms with Crippen LogP contribution in [0.5, 0.6) is 0 Å². The number of carbonyl (C=O) groups excluding carboxylic acids is 3. The number of amides is 3. The number of fused-ring (bicyclic) bond motifs is 1. The summed E-state index contributed by atoms with van der Waals surface area (Å²) < 4.78 is 1.69. The zero-order valence-electron chi connectivity index (χ0n) is 21.4. The molecule has 0 radical (unpaired) electrons. The van der Waals surface area contributed by atoms with E-state index in [0.717, 1.165) is 49.7 Å². The summed E-state index contributed by atoms with van der Waals surface area (Å²) in [7, 11) is 0. The summed E-state index contributed by atoms with van der Waals surface area (Å²) in [5, 5.41) is 6.18. The molecule has 1 atom stereocenters. The van der Waals surface area contributed by atoms with Crippen LogP contribution in [-0.4, -0.2) is 49.8 Å². The molecule has 1 aliphatic heterocycles. The third kappa shape index (κ3) is 4.90. The topological polar surface area (TPSA) is 96.3 Å². The number of benzene rings is 1. The van der Waals surface area contributed by atoms with Crippen LogP contribution in [0.4, 0.5) is 0 Å². The molecule has 36 heavy (non-hydrogen) atoms. The standard InChI is InChI=1S/C28H37N5O3/c1-19-10-12-20(13-11-19)16-29-27(36)28(2)17-32-18-30-23(24(32)26(35)33(28)22-14-15-22)25(34)31-21-8-6-4-3-5-7-9-21/h10-13,18,21-22H,3-9,14-17H2,1-2H3,(H,29,36)(H,31,34)/t28-/m1/s1. The van der Waals surface area contributed by atoms with Crippen molar-refractivity contribution in [1.82, 2.24) is 25.1 Å². The Balaban J connectivity index is 1.35. The number of nitrogens with one attached hydrogen (secondary N) is 2. The van der Waals surface area contributed by atoms with Gasteiger partial charge in [0.1, 0.15) is 11.2 Å². The number of hydrogen-bond donors (Lipinski definition) is 2. The van der Waals surface area contributed by atoms with Crippen molar-refractivity contribution in [2.45, 2.75) is 102 Å². The molecule has 2 saturated carbocycles. The first-order valence-electron chi connectivity index (χ1n) is 13.4. The molecular weight excluding hydrogens is 454 g/mol. The van der Waals surface area contributed by atoms with E-state index in [0.29, 0.717) is 12.2 Å². The van der Waals surface area contributed by atoms with Gasteiger partial charge in [0.25, 0.3) is 11.8 Å². The summed E-state index contributed by atoms with van der Waals surface area (Å²) >= 11 is 0. The molecule has 2 aromatic rings. The highest BCUT2D eigenvalue weighted by molar-refractivity contribution is 6.07. The predicted molar refractivity (Wildman–Crippen MR) is 136 cm³/mol. The predicted octanol–water partition coefficient (Wildman–Crippen LogP) is 3.73. The lowest BCUT2D eigenvalue weighted by Gasteiger charge is -2.44. The minimum atomic E-state index is -1.05. The average molecular weight is 492 g/mol. The molecule has 0 unspecified atom stereocenters. The van der Waals surface area contributed by atoms with Crippen LogP contribution in [0.3, 0.4) is 0 Å². The number of rotatable bonds is 6. The second-order valence-corrected chi connectivity index (χ2v) is 10.9. The normalized spacial score (nSPS) is 22.9. The number of nitrogens with zero attached hydrogens (tertiary/aromatic N) is 3. The number of carbonyl (C=O) groups is 3. The zero-order valence-corrected chi connectivity index (χ0v) is 21.4. The molecule has 2 fully saturated rings. The molecular formula is C28H37N5O3. The molecule has 3 amide bonds. The van der Waals surface area contributed by atoms with Crippen LogP contribution in [0.1, 0.15) is 96.8 Å². The van der Waals surface area contributed by atoms with Crippen LogP contribution in [0.25, 0.3) is 0 Å². The molecule has 2 heterocycles. The van der Waals surface area contributed by atoms with E-state index >= 15 is 0 Å². The third-order valence-electron chi connectivity index (χ3n) is 7.90. The first kappa shape index (κ1) is 24.5. The quantitative estimate of drug-likeness (QED) is 0.644. The fourth-order valence-electron chi connectivity index (χ4n) is 5.65. The molecule has 5 rings (SSSR count). The Labute approximate surface area is 212 Å². The van der Waals surface area contributed by atoms with Crippen LogP contribution in [0.15, 0.2) is 30.6 Å². The van der Waals surface area contributed by atoms with Crippen molar-refractivity contribution in [3.63, 3.8) is 0 Å². The van der Waals surface area contributed by atoms with E-state index in [-0.39, 0.29) is 42.0 Å². The molecule has 1 aromatic heterocycles. The van der Waals surface area contributed by atoms with Crippen LogP contribution in [-0.2, 0) is 17.9 Å². The highest BCUT2D eigenvalue weighted by atomic mass is 16.2. The Hall–Kier alpha value is -3.16. The SMILES string of the molecule is Cc1ccc(CNC(=O)[C@@]2(C)Cn3cnc(C(=O)NC4CCCCCCC4)c3C(=O)N2C2CC2)cc1. The Kier molecular flexibility index (Phi) is 6.86. The molecule has 0 saturated heterocycles. The maximum atomic E-state index is 13.8. The number of hydrogen-bond acceptors (Lipinski definition) is 4. The largest absolute Gasteiger partial charge is 0.350 e. The Morgan fingerprint density at radius 3 is 2.36 bits per heavy atom. The van der Waals surface area contributed by atoms with Gasteiger partial charge in [-0.15, -0.1) is 0 Å². The van der Waals surface area contributed by atoms with Crippen molar-refractivity contribution in [3.8, 4) is 0 Å². The molecule has 3 aliphatic rings. The lowest BCUT2D eigenvalue weighted by Crippen LogP contribution is -2.64. The van der Waals surface area contributed by atoms with Gasteiger partial charge in [0.15, 0.2) is 5.69 Å². The van der Waals surface area contributed by atoms with E-state index in [4.69, 9.17) is 0 Å². The van der Waals surface area contributed by atoms with Gasteiger partial charge in [-0.1, -0.05) is 61.9 Å². The van der Waals surface area contributed by atoms with E-state index in [1.165, 1.54) is 25.6 Å². The monoisotopic (exact) mass is 491 g/mol. The van der Waals surface area contributed by atoms with Gasteiger partial charge in [-0.25, -0.2) is 4.98 Å². The van der Waals surface area contributed by atoms with Crippen molar-refractivity contribution in [3.05, 3.63) is 53.1 Å². The summed E-state index contributed by atoms with van der Waals surface area (Å²) in [5.41, 5.74) is 1.60. The Morgan fingerprint density at radius 2 is 1.69 bits per heavy atom. The average Bonchev–Trinajstić information content (AvgIpc) is 3.57. The Morgan fingerprint density at radius 1 is 1.03 bits per heavy atom. The van der Waals surface area contributed by atoms with Crippen LogP contribution < -0.4 is 10.6 Å². The maximum absolute atomic E-state index is 13.8. The number of imidazole rings is 1. The van der Waals surface area contributed by atoms with Crippen molar-refractivity contribution in [2.24, 2.45) is 0 Å². The molecule has 192 valence electrons. The van der Waals surface area contributed by atoms with Crippen LogP contribution >= 0.6 is 0 Å². The minimum Gasteiger partial charge on any atom is -0.350 e. The molecule has 0 bridgehead atoms. The van der Waals surface area contributed by atoms with Gasteiger partial charge in [-0.2, -0.15) is 0 Å². The first-order valence-corrected chi connectivity index (χ1v) is 13.4. The van der Waals surface area contributed by atoms with Gasteiger partial charge in [0.05, 0.1) is 12.9 Å². The number of aryl methyl sites for hydroxylation is 1. The van der Waals surface area contributed by atoms with Crippen molar-refractivity contribution in [2.75, 3.05) is 0 Å². The van der Waals surface area contributed by atoms with Gasteiger partial charge >= 0.3 is 0 Å². The van der Waals surface area contributed by atoms with Crippen molar-refractivity contribution < 1.29 is 14.4 Å². The van der Waals surface area contributed by atoms with Crippen LogP contribution in [0.2, 0.25) is 0 Å². The van der Waals surface area contributed by atoms with E-state index in [1.807, 2.05) is 38.1 Å². The summed E-state index contributed by atoms with van der Waals surface area (Å²) in [4.78, 5) is 46.6. The van der Waals surface area contributed by atoms with Gasteiger partial charge in [-0.3, -0.25) is 14.4 Å². The molecule has 8 nitrogen and oxygen atoms in total. The van der Waals surface area contributed by atoms with E-state index in [1.54, 1.807) is 9.47 Å². The van der Waals surface area contributed by atoms with Gasteiger partial charge in [0, 0.05) is 18.6 Å². The lowest BCUT2D eigenvalue weighted by atomic mass is 9.93. The molecule has 0 spiro atoms. The van der Waals surface area contributed by atoms with Gasteiger partial charge in [0.2, 0.25) is 5.91 Å². The van der Waals surface area contributed by atoms with Gasteiger partial charge < -0.3 is 20.1 Å². The summed E-state index contributed by atoms with van der Waals surface area (Å²) in [6.45, 7) is 4.52. The van der Waals surface area contributed by atoms with Crippen LogP contribution in [0, 0.1) is 6.92 Å². The van der Waals surface area contributed by atoms with Gasteiger partial charge in [-0.05, 0) is 45.1 Å². The fraction of sp³-hybridized carbons (Fsp3) is 0.571. The summed E-state index contributed by atoms with van der Waals surface area (Å²) in [6.07, 6.45) is 11.1. The zero-order chi connectivity index (χ0) is 25.3. The van der Waals surface area contributed by atoms with E-state index in [9.17, 15) is 14.4 Å². The van der Waals surface area contributed by atoms with E-state index in [2.05, 4.69) is 15.6 Å². The summed E-state index contributed by atoms with van der Waals surface area (Å²) in [5.74, 6) is -0.758. The van der Waals surface area contributed by atoms with Crippen molar-refractivity contribution >= 4 is 17.7 Å².